The molecule has 0 atom stereocenters. The summed E-state index contributed by atoms with van der Waals surface area (Å²) in [6.07, 6.45) is 0. The molecule has 4 rings (SSSR count). The second-order valence-electron chi connectivity index (χ2n) is 6.24. The number of aryl methyl sites for hydroxylation is 2. The summed E-state index contributed by atoms with van der Waals surface area (Å²) in [7, 11) is 0. The van der Waals surface area contributed by atoms with Gasteiger partial charge in [0, 0.05) is 5.69 Å². The predicted molar refractivity (Wildman–Crippen MR) is 106 cm³/mol. The van der Waals surface area contributed by atoms with Gasteiger partial charge in [0.05, 0.1) is 17.6 Å². The van der Waals surface area contributed by atoms with E-state index in [2.05, 4.69) is 68.5 Å². The van der Waals surface area contributed by atoms with Gasteiger partial charge >= 0.3 is 0 Å². The summed E-state index contributed by atoms with van der Waals surface area (Å²) in [5.74, 6) is 2.85. The van der Waals surface area contributed by atoms with E-state index in [1.165, 1.54) is 5.56 Å². The average Bonchev–Trinajstić information content (AvgIpc) is 3.18. The van der Waals surface area contributed by atoms with Crippen molar-refractivity contribution in [3.05, 3.63) is 65.7 Å². The van der Waals surface area contributed by atoms with Gasteiger partial charge in [-0.25, -0.2) is 4.98 Å². The summed E-state index contributed by atoms with van der Waals surface area (Å²) >= 11 is 1.71. The monoisotopic (exact) mass is 363 g/mol. The third-order valence-electron chi connectivity index (χ3n) is 4.41. The number of imidazole rings is 1. The molecular formula is C20H21N5S. The van der Waals surface area contributed by atoms with E-state index in [-0.39, 0.29) is 0 Å². The molecule has 0 aliphatic carbocycles. The Kier molecular flexibility index (Phi) is 4.51. The fourth-order valence-electron chi connectivity index (χ4n) is 3.12. The number of nitrogens with zero attached hydrogens (tertiary/aromatic N) is 5. The van der Waals surface area contributed by atoms with Crippen LogP contribution in [0.1, 0.15) is 24.1 Å². The van der Waals surface area contributed by atoms with Crippen LogP contribution in [0.2, 0.25) is 0 Å². The van der Waals surface area contributed by atoms with E-state index in [1.54, 1.807) is 11.8 Å². The maximum atomic E-state index is 4.67. The zero-order valence-electron chi connectivity index (χ0n) is 15.2. The molecule has 0 radical (unpaired) electrons. The first-order valence-electron chi connectivity index (χ1n) is 8.73. The van der Waals surface area contributed by atoms with Crippen LogP contribution >= 0.6 is 11.8 Å². The van der Waals surface area contributed by atoms with E-state index in [9.17, 15) is 0 Å². The lowest BCUT2D eigenvalue weighted by molar-refractivity contribution is 0.711. The maximum absolute atomic E-state index is 4.67. The Labute approximate surface area is 157 Å². The molecule has 0 aliphatic rings. The fraction of sp³-hybridized carbons (Fsp3) is 0.250. The Bertz CT molecular complexity index is 1050. The molecule has 2 aromatic carbocycles. The Balaban J connectivity index is 1.81. The van der Waals surface area contributed by atoms with Gasteiger partial charge in [-0.2, -0.15) is 0 Å². The van der Waals surface area contributed by atoms with E-state index >= 15 is 0 Å². The van der Waals surface area contributed by atoms with Crippen molar-refractivity contribution in [3.8, 4) is 5.69 Å². The first-order chi connectivity index (χ1) is 12.7. The van der Waals surface area contributed by atoms with Crippen molar-refractivity contribution >= 4 is 22.8 Å². The first-order valence-corrected chi connectivity index (χ1v) is 9.72. The highest BCUT2D eigenvalue weighted by Gasteiger charge is 2.16. The molecule has 0 saturated carbocycles. The van der Waals surface area contributed by atoms with E-state index < -0.39 is 0 Å². The highest BCUT2D eigenvalue weighted by molar-refractivity contribution is 7.99. The summed E-state index contributed by atoms with van der Waals surface area (Å²) < 4.78 is 4.35. The minimum Gasteiger partial charge on any atom is -0.320 e. The van der Waals surface area contributed by atoms with E-state index in [0.29, 0.717) is 6.54 Å². The SMILES string of the molecule is CCSc1nnc(Cn2c(C)nc3ccccc32)n1-c1ccc(C)cc1. The Morgan fingerprint density at radius 1 is 0.962 bits per heavy atom. The molecule has 0 amide bonds. The standard InChI is InChI=1S/C20H21N5S/c1-4-26-20-23-22-19(25(20)16-11-9-14(2)10-12-16)13-24-15(3)21-17-7-5-6-8-18(17)24/h5-12H,4,13H2,1-3H3. The van der Waals surface area contributed by atoms with Gasteiger partial charge in [0.15, 0.2) is 11.0 Å². The zero-order valence-corrected chi connectivity index (χ0v) is 16.0. The van der Waals surface area contributed by atoms with Crippen molar-refractivity contribution in [1.29, 1.82) is 0 Å². The highest BCUT2D eigenvalue weighted by Crippen LogP contribution is 2.24. The second kappa shape index (κ2) is 6.96. The number of thioether (sulfide) groups is 1. The fourth-order valence-corrected chi connectivity index (χ4v) is 3.81. The number of hydrogen-bond acceptors (Lipinski definition) is 4. The number of fused-ring (bicyclic) bond motifs is 1. The summed E-state index contributed by atoms with van der Waals surface area (Å²) in [4.78, 5) is 4.67. The van der Waals surface area contributed by atoms with Gasteiger partial charge in [-0.3, -0.25) is 4.57 Å². The number of hydrogen-bond donors (Lipinski definition) is 0. The van der Waals surface area contributed by atoms with Gasteiger partial charge in [0.1, 0.15) is 5.82 Å². The lowest BCUT2D eigenvalue weighted by Crippen LogP contribution is -2.09. The molecule has 0 fully saturated rings. The Morgan fingerprint density at radius 3 is 2.50 bits per heavy atom. The summed E-state index contributed by atoms with van der Waals surface area (Å²) in [6.45, 7) is 6.90. The van der Waals surface area contributed by atoms with Crippen LogP contribution in [0.5, 0.6) is 0 Å². The maximum Gasteiger partial charge on any atom is 0.195 e. The number of rotatable bonds is 5. The first kappa shape index (κ1) is 16.8. The number of para-hydroxylation sites is 2. The summed E-state index contributed by atoms with van der Waals surface area (Å²) in [5, 5.41) is 9.86. The Hall–Kier alpha value is -2.60. The molecule has 0 spiro atoms. The van der Waals surface area contributed by atoms with Gasteiger partial charge in [-0.05, 0) is 43.9 Å². The van der Waals surface area contributed by atoms with Crippen molar-refractivity contribution in [1.82, 2.24) is 24.3 Å². The van der Waals surface area contributed by atoms with Crippen molar-refractivity contribution in [2.24, 2.45) is 0 Å². The van der Waals surface area contributed by atoms with E-state index in [0.717, 1.165) is 39.3 Å². The summed E-state index contributed by atoms with van der Waals surface area (Å²) in [5.41, 5.74) is 4.46. The van der Waals surface area contributed by atoms with Crippen LogP contribution in [0.4, 0.5) is 0 Å². The van der Waals surface area contributed by atoms with Crippen molar-refractivity contribution < 1.29 is 0 Å². The van der Waals surface area contributed by atoms with E-state index in [4.69, 9.17) is 0 Å². The second-order valence-corrected chi connectivity index (χ2v) is 7.47. The minimum atomic E-state index is 0.636. The lowest BCUT2D eigenvalue weighted by Gasteiger charge is -2.12. The molecule has 6 heteroatoms. The Morgan fingerprint density at radius 2 is 1.73 bits per heavy atom. The average molecular weight is 363 g/mol. The van der Waals surface area contributed by atoms with Crippen LogP contribution in [0.3, 0.4) is 0 Å². The normalized spacial score (nSPS) is 11.3. The molecule has 4 aromatic rings. The molecule has 5 nitrogen and oxygen atoms in total. The molecule has 26 heavy (non-hydrogen) atoms. The van der Waals surface area contributed by atoms with Crippen molar-refractivity contribution in [3.63, 3.8) is 0 Å². The predicted octanol–water partition coefficient (Wildman–Crippen LogP) is 4.39. The minimum absolute atomic E-state index is 0.636. The molecule has 0 bridgehead atoms. The number of aromatic nitrogens is 5. The van der Waals surface area contributed by atoms with Crippen LogP contribution in [-0.4, -0.2) is 30.1 Å². The van der Waals surface area contributed by atoms with Gasteiger partial charge in [0.25, 0.3) is 0 Å². The van der Waals surface area contributed by atoms with Crippen molar-refractivity contribution in [2.75, 3.05) is 5.75 Å². The molecule has 2 aromatic heterocycles. The van der Waals surface area contributed by atoms with E-state index in [1.807, 2.05) is 25.1 Å². The zero-order chi connectivity index (χ0) is 18.1. The third kappa shape index (κ3) is 3.01. The molecule has 0 saturated heterocycles. The lowest BCUT2D eigenvalue weighted by atomic mass is 10.2. The van der Waals surface area contributed by atoms with Crippen LogP contribution in [0, 0.1) is 13.8 Å². The largest absolute Gasteiger partial charge is 0.320 e. The molecule has 2 heterocycles. The van der Waals surface area contributed by atoms with Crippen LogP contribution in [0.25, 0.3) is 16.7 Å². The van der Waals surface area contributed by atoms with Crippen LogP contribution in [0.15, 0.2) is 53.7 Å². The topological polar surface area (TPSA) is 48.5 Å². The molecular weight excluding hydrogens is 342 g/mol. The smallest absolute Gasteiger partial charge is 0.195 e. The van der Waals surface area contributed by atoms with Gasteiger partial charge in [-0.1, -0.05) is 48.5 Å². The molecule has 0 aliphatic heterocycles. The third-order valence-corrected chi connectivity index (χ3v) is 5.22. The molecule has 132 valence electrons. The molecule has 0 unspecified atom stereocenters. The van der Waals surface area contributed by atoms with Gasteiger partial charge in [0.2, 0.25) is 0 Å². The molecule has 0 N–H and O–H groups in total. The van der Waals surface area contributed by atoms with Crippen LogP contribution < -0.4 is 0 Å². The highest BCUT2D eigenvalue weighted by atomic mass is 32.2. The van der Waals surface area contributed by atoms with Gasteiger partial charge < -0.3 is 4.57 Å². The number of benzene rings is 2. The quantitative estimate of drug-likeness (QED) is 0.493. The van der Waals surface area contributed by atoms with Gasteiger partial charge in [-0.15, -0.1) is 10.2 Å². The summed E-state index contributed by atoms with van der Waals surface area (Å²) in [6, 6.07) is 16.7. The van der Waals surface area contributed by atoms with Crippen molar-refractivity contribution in [2.45, 2.75) is 32.5 Å². The van der Waals surface area contributed by atoms with Crippen LogP contribution in [-0.2, 0) is 6.54 Å².